The Balaban J connectivity index is 1.84. The molecule has 2 aromatic rings. The molecule has 0 aliphatic rings. The van der Waals surface area contributed by atoms with Gasteiger partial charge in [-0.2, -0.15) is 5.10 Å². The van der Waals surface area contributed by atoms with E-state index in [1.54, 1.807) is 62.6 Å². The third kappa shape index (κ3) is 8.17. The molecule has 0 radical (unpaired) electrons. The van der Waals surface area contributed by atoms with Crippen molar-refractivity contribution in [3.8, 4) is 11.5 Å². The van der Waals surface area contributed by atoms with E-state index in [0.29, 0.717) is 29.2 Å². The highest BCUT2D eigenvalue weighted by Crippen LogP contribution is 2.17. The second-order valence-corrected chi connectivity index (χ2v) is 6.62. The van der Waals surface area contributed by atoms with Gasteiger partial charge in [-0.1, -0.05) is 25.1 Å². The van der Waals surface area contributed by atoms with Gasteiger partial charge in [0.15, 0.2) is 6.61 Å². The summed E-state index contributed by atoms with van der Waals surface area (Å²) in [6.07, 6.45) is 2.09. The lowest BCUT2D eigenvalue weighted by molar-refractivity contribution is -0.139. The molecular formula is C22H26N4O5. The summed E-state index contributed by atoms with van der Waals surface area (Å²) in [7, 11) is 1.55. The molecule has 0 aliphatic heterocycles. The fourth-order valence-electron chi connectivity index (χ4n) is 2.34. The average molecular weight is 426 g/mol. The summed E-state index contributed by atoms with van der Waals surface area (Å²) in [6, 6.07) is 13.7. The van der Waals surface area contributed by atoms with Crippen LogP contribution in [0.2, 0.25) is 0 Å². The molecule has 2 aromatic carbocycles. The molecule has 0 saturated carbocycles. The number of methoxy groups -OCH3 is 1. The van der Waals surface area contributed by atoms with E-state index in [1.807, 2.05) is 6.92 Å². The van der Waals surface area contributed by atoms with E-state index in [-0.39, 0.29) is 18.6 Å². The molecule has 0 saturated heterocycles. The Morgan fingerprint density at radius 1 is 1.06 bits per heavy atom. The highest BCUT2D eigenvalue weighted by molar-refractivity contribution is 6.35. The number of rotatable bonds is 9. The first-order valence-corrected chi connectivity index (χ1v) is 9.72. The number of carbonyl (C=O) groups excluding carboxylic acids is 3. The van der Waals surface area contributed by atoms with Gasteiger partial charge in [-0.15, -0.1) is 0 Å². The van der Waals surface area contributed by atoms with E-state index in [1.165, 1.54) is 6.21 Å². The van der Waals surface area contributed by atoms with Gasteiger partial charge in [-0.25, -0.2) is 5.43 Å². The van der Waals surface area contributed by atoms with Crippen LogP contribution in [0.3, 0.4) is 0 Å². The van der Waals surface area contributed by atoms with Gasteiger partial charge >= 0.3 is 11.8 Å². The predicted molar refractivity (Wildman–Crippen MR) is 117 cm³/mol. The molecule has 3 amide bonds. The highest BCUT2D eigenvalue weighted by atomic mass is 16.5. The molecule has 164 valence electrons. The van der Waals surface area contributed by atoms with Crippen molar-refractivity contribution in [3.63, 3.8) is 0 Å². The van der Waals surface area contributed by atoms with Crippen molar-refractivity contribution in [1.82, 2.24) is 10.7 Å². The normalized spacial score (nSPS) is 11.5. The first-order chi connectivity index (χ1) is 14.9. The van der Waals surface area contributed by atoms with Crippen LogP contribution in [0.25, 0.3) is 0 Å². The van der Waals surface area contributed by atoms with Crippen molar-refractivity contribution in [2.45, 2.75) is 26.3 Å². The molecule has 1 atom stereocenters. The van der Waals surface area contributed by atoms with E-state index >= 15 is 0 Å². The minimum absolute atomic E-state index is 0.0998. The molecule has 0 aromatic heterocycles. The number of hydrogen-bond donors (Lipinski definition) is 3. The van der Waals surface area contributed by atoms with Crippen LogP contribution in [0.1, 0.15) is 25.8 Å². The predicted octanol–water partition coefficient (Wildman–Crippen LogP) is 2.08. The zero-order valence-electron chi connectivity index (χ0n) is 17.7. The Morgan fingerprint density at radius 3 is 2.55 bits per heavy atom. The monoisotopic (exact) mass is 426 g/mol. The van der Waals surface area contributed by atoms with Crippen molar-refractivity contribution in [2.24, 2.45) is 5.10 Å². The number of nitrogens with zero attached hydrogens (tertiary/aromatic N) is 1. The molecule has 0 unspecified atom stereocenters. The molecule has 0 fully saturated rings. The first-order valence-electron chi connectivity index (χ1n) is 9.72. The molecule has 0 spiro atoms. The van der Waals surface area contributed by atoms with E-state index in [9.17, 15) is 14.4 Å². The van der Waals surface area contributed by atoms with Crippen LogP contribution in [-0.2, 0) is 14.4 Å². The van der Waals surface area contributed by atoms with Crippen LogP contribution in [0.5, 0.6) is 11.5 Å². The lowest BCUT2D eigenvalue weighted by Crippen LogP contribution is -2.41. The highest BCUT2D eigenvalue weighted by Gasteiger charge is 2.14. The van der Waals surface area contributed by atoms with Gasteiger partial charge in [0.1, 0.15) is 11.5 Å². The second-order valence-electron chi connectivity index (χ2n) is 6.62. The summed E-state index contributed by atoms with van der Waals surface area (Å²) in [5, 5.41) is 9.04. The van der Waals surface area contributed by atoms with Crippen LogP contribution in [0, 0.1) is 0 Å². The van der Waals surface area contributed by atoms with Crippen LogP contribution in [0.4, 0.5) is 5.69 Å². The average Bonchev–Trinajstić information content (AvgIpc) is 2.77. The number of amides is 3. The Kier molecular flexibility index (Phi) is 9.03. The fraction of sp³-hybridized carbons (Fsp3) is 0.273. The van der Waals surface area contributed by atoms with Crippen molar-refractivity contribution in [3.05, 3.63) is 54.1 Å². The third-order valence-electron chi connectivity index (χ3n) is 4.16. The van der Waals surface area contributed by atoms with Crippen molar-refractivity contribution >= 4 is 29.6 Å². The summed E-state index contributed by atoms with van der Waals surface area (Å²) in [6.45, 7) is 3.51. The van der Waals surface area contributed by atoms with Crippen LogP contribution < -0.4 is 25.5 Å². The van der Waals surface area contributed by atoms with Gasteiger partial charge in [0, 0.05) is 17.8 Å². The molecule has 3 N–H and O–H groups in total. The lowest BCUT2D eigenvalue weighted by Gasteiger charge is -2.09. The maximum absolute atomic E-state index is 12.1. The maximum Gasteiger partial charge on any atom is 0.329 e. The Labute approximate surface area is 180 Å². The van der Waals surface area contributed by atoms with E-state index in [4.69, 9.17) is 9.47 Å². The summed E-state index contributed by atoms with van der Waals surface area (Å²) >= 11 is 0. The number of benzene rings is 2. The number of ether oxygens (including phenoxy) is 2. The standard InChI is InChI=1S/C22H26N4O5/c1-4-15(2)24-21(28)22(29)26-23-13-16-7-5-10-19(11-16)31-14-20(27)25-17-8-6-9-18(12-17)30-3/h5-13,15H,4,14H2,1-3H3,(H,24,28)(H,25,27)(H,26,29)/b23-13-/t15-/m1/s1. The second kappa shape index (κ2) is 12.0. The Hall–Kier alpha value is -3.88. The number of nitrogens with one attached hydrogen (secondary N) is 3. The summed E-state index contributed by atoms with van der Waals surface area (Å²) in [5.41, 5.74) is 3.39. The van der Waals surface area contributed by atoms with Gasteiger partial charge in [0.2, 0.25) is 0 Å². The van der Waals surface area contributed by atoms with Crippen molar-refractivity contribution in [2.75, 3.05) is 19.0 Å². The van der Waals surface area contributed by atoms with Gasteiger partial charge < -0.3 is 20.1 Å². The minimum Gasteiger partial charge on any atom is -0.497 e. The zero-order chi connectivity index (χ0) is 22.6. The molecule has 9 heteroatoms. The molecule has 31 heavy (non-hydrogen) atoms. The van der Waals surface area contributed by atoms with E-state index < -0.39 is 11.8 Å². The quantitative estimate of drug-likeness (QED) is 0.322. The van der Waals surface area contributed by atoms with Crippen LogP contribution >= 0.6 is 0 Å². The minimum atomic E-state index is -0.849. The first kappa shape index (κ1) is 23.4. The van der Waals surface area contributed by atoms with Gasteiger partial charge in [0.05, 0.1) is 13.3 Å². The van der Waals surface area contributed by atoms with Gasteiger partial charge in [-0.3, -0.25) is 14.4 Å². The molecule has 0 bridgehead atoms. The third-order valence-corrected chi connectivity index (χ3v) is 4.16. The van der Waals surface area contributed by atoms with Gasteiger partial charge in [-0.05, 0) is 43.2 Å². The van der Waals surface area contributed by atoms with Crippen LogP contribution in [0.15, 0.2) is 53.6 Å². The molecule has 0 heterocycles. The molecular weight excluding hydrogens is 400 g/mol. The van der Waals surface area contributed by atoms with Crippen molar-refractivity contribution in [1.29, 1.82) is 0 Å². The number of hydrogen-bond acceptors (Lipinski definition) is 6. The zero-order valence-corrected chi connectivity index (χ0v) is 17.7. The Bertz CT molecular complexity index is 945. The number of hydrazone groups is 1. The molecule has 0 aliphatic carbocycles. The van der Waals surface area contributed by atoms with E-state index in [2.05, 4.69) is 21.2 Å². The van der Waals surface area contributed by atoms with Crippen molar-refractivity contribution < 1.29 is 23.9 Å². The summed E-state index contributed by atoms with van der Waals surface area (Å²) in [5.74, 6) is -0.837. The van der Waals surface area contributed by atoms with E-state index in [0.717, 1.165) is 0 Å². The van der Waals surface area contributed by atoms with Crippen LogP contribution in [-0.4, -0.2) is 43.7 Å². The maximum atomic E-state index is 12.1. The lowest BCUT2D eigenvalue weighted by atomic mass is 10.2. The number of anilines is 1. The Morgan fingerprint density at radius 2 is 1.81 bits per heavy atom. The molecule has 9 nitrogen and oxygen atoms in total. The smallest absolute Gasteiger partial charge is 0.329 e. The largest absolute Gasteiger partial charge is 0.497 e. The SMILES string of the molecule is CC[C@@H](C)NC(=O)C(=O)N/N=C\c1cccc(OCC(=O)Nc2cccc(OC)c2)c1. The molecule has 2 rings (SSSR count). The number of carbonyl (C=O) groups is 3. The summed E-state index contributed by atoms with van der Waals surface area (Å²) in [4.78, 5) is 35.5. The summed E-state index contributed by atoms with van der Waals surface area (Å²) < 4.78 is 10.6. The van der Waals surface area contributed by atoms with Gasteiger partial charge in [0.25, 0.3) is 5.91 Å². The fourth-order valence-corrected chi connectivity index (χ4v) is 2.34. The topological polar surface area (TPSA) is 118 Å².